The fourth-order valence-corrected chi connectivity index (χ4v) is 1.50. The van der Waals surface area contributed by atoms with Gasteiger partial charge in [-0.25, -0.2) is 0 Å². The van der Waals surface area contributed by atoms with Gasteiger partial charge in [-0.15, -0.1) is 0 Å². The number of carboxylic acid groups (broad SMARTS) is 1. The second-order valence-electron chi connectivity index (χ2n) is 4.00. The van der Waals surface area contributed by atoms with Crippen LogP contribution in [0.15, 0.2) is 24.3 Å². The lowest BCUT2D eigenvalue weighted by Crippen LogP contribution is -2.39. The summed E-state index contributed by atoms with van der Waals surface area (Å²) in [5, 5.41) is 13.4. The Morgan fingerprint density at radius 1 is 1.14 bits per heavy atom. The number of ether oxygens (including phenoxy) is 1. The van der Waals surface area contributed by atoms with Crippen molar-refractivity contribution in [3.8, 4) is 5.75 Å². The van der Waals surface area contributed by atoms with Gasteiger partial charge in [0.25, 0.3) is 0 Å². The van der Waals surface area contributed by atoms with Gasteiger partial charge in [-0.05, 0) is 18.2 Å². The second-order valence-corrected chi connectivity index (χ2v) is 4.44. The largest absolute Gasteiger partial charge is 0.493 e. The highest BCUT2D eigenvalue weighted by Crippen LogP contribution is 2.16. The molecule has 1 aromatic rings. The highest BCUT2D eigenvalue weighted by atomic mass is 35.5. The predicted octanol–water partition coefficient (Wildman–Crippen LogP) is 0.426. The molecule has 3 N–H and O–H groups in total. The molecule has 0 fully saturated rings. The Labute approximate surface area is 126 Å². The average molecular weight is 315 g/mol. The molecule has 0 aromatic heterocycles. The van der Waals surface area contributed by atoms with E-state index in [4.69, 9.17) is 21.4 Å². The van der Waals surface area contributed by atoms with E-state index in [1.54, 1.807) is 24.3 Å². The molecular formula is C13H15ClN2O5. The molecule has 1 aromatic carbocycles. The van der Waals surface area contributed by atoms with Crippen LogP contribution in [0.25, 0.3) is 0 Å². The van der Waals surface area contributed by atoms with E-state index in [2.05, 4.69) is 10.6 Å². The van der Waals surface area contributed by atoms with Crippen molar-refractivity contribution in [2.75, 3.05) is 19.7 Å². The number of benzene rings is 1. The Morgan fingerprint density at radius 2 is 1.86 bits per heavy atom. The number of aliphatic carboxylic acids is 1. The maximum Gasteiger partial charge on any atom is 0.322 e. The molecule has 0 aliphatic heterocycles. The molecule has 0 saturated heterocycles. The van der Waals surface area contributed by atoms with Crippen molar-refractivity contribution in [1.29, 1.82) is 0 Å². The van der Waals surface area contributed by atoms with Crippen molar-refractivity contribution in [2.24, 2.45) is 0 Å². The van der Waals surface area contributed by atoms with E-state index in [1.165, 1.54) is 0 Å². The normalized spacial score (nSPS) is 9.76. The van der Waals surface area contributed by atoms with Crippen molar-refractivity contribution >= 4 is 29.4 Å². The van der Waals surface area contributed by atoms with Gasteiger partial charge in [0.15, 0.2) is 0 Å². The Morgan fingerprint density at radius 3 is 2.52 bits per heavy atom. The maximum atomic E-state index is 11.4. The minimum atomic E-state index is -1.15. The second kappa shape index (κ2) is 8.80. The van der Waals surface area contributed by atoms with Crippen molar-refractivity contribution in [3.05, 3.63) is 29.3 Å². The van der Waals surface area contributed by atoms with Crippen LogP contribution in [0.1, 0.15) is 6.42 Å². The van der Waals surface area contributed by atoms with Gasteiger partial charge in [0.1, 0.15) is 12.3 Å². The van der Waals surface area contributed by atoms with Gasteiger partial charge in [0, 0.05) is 5.02 Å². The molecule has 0 bridgehead atoms. The smallest absolute Gasteiger partial charge is 0.322 e. The van der Waals surface area contributed by atoms with Crippen molar-refractivity contribution in [3.63, 3.8) is 0 Å². The number of nitrogens with one attached hydrogen (secondary N) is 2. The predicted molar refractivity (Wildman–Crippen MR) is 75.2 cm³/mol. The van der Waals surface area contributed by atoms with Gasteiger partial charge in [-0.3, -0.25) is 14.4 Å². The van der Waals surface area contributed by atoms with Crippen LogP contribution >= 0.6 is 11.6 Å². The summed E-state index contributed by atoms with van der Waals surface area (Å²) in [6.45, 7) is -0.612. The molecule has 0 atom stereocenters. The van der Waals surface area contributed by atoms with E-state index in [9.17, 15) is 14.4 Å². The lowest BCUT2D eigenvalue weighted by atomic mass is 10.3. The Hall–Kier alpha value is -2.28. The Bertz CT molecular complexity index is 521. The van der Waals surface area contributed by atoms with Crippen LogP contribution in [0.3, 0.4) is 0 Å². The molecule has 2 amide bonds. The van der Waals surface area contributed by atoms with E-state index in [1.807, 2.05) is 0 Å². The number of amides is 2. The van der Waals surface area contributed by atoms with Gasteiger partial charge in [-0.1, -0.05) is 17.7 Å². The fourth-order valence-electron chi connectivity index (χ4n) is 1.32. The third-order valence-corrected chi connectivity index (χ3v) is 2.51. The molecular weight excluding hydrogens is 300 g/mol. The Kier molecular flexibility index (Phi) is 7.03. The molecule has 8 heteroatoms. The number of carboxylic acids is 1. The van der Waals surface area contributed by atoms with E-state index < -0.39 is 18.4 Å². The topological polar surface area (TPSA) is 105 Å². The van der Waals surface area contributed by atoms with Crippen molar-refractivity contribution < 1.29 is 24.2 Å². The molecule has 0 radical (unpaired) electrons. The highest BCUT2D eigenvalue weighted by molar-refractivity contribution is 6.30. The summed E-state index contributed by atoms with van der Waals surface area (Å²) in [4.78, 5) is 32.8. The van der Waals surface area contributed by atoms with Crippen molar-refractivity contribution in [2.45, 2.75) is 6.42 Å². The molecule has 7 nitrogen and oxygen atoms in total. The number of carbonyl (C=O) groups is 3. The van der Waals surface area contributed by atoms with Crippen LogP contribution in [0.5, 0.6) is 5.75 Å². The molecule has 0 unspecified atom stereocenters. The first-order valence-electron chi connectivity index (χ1n) is 6.11. The first-order valence-corrected chi connectivity index (χ1v) is 6.48. The first-order chi connectivity index (χ1) is 9.97. The highest BCUT2D eigenvalue weighted by Gasteiger charge is 2.07. The first kappa shape index (κ1) is 16.8. The standard InChI is InChI=1S/C13H15ClN2O5/c14-9-2-1-3-10(6-9)21-5-4-11(17)15-7-12(18)16-8-13(19)20/h1-3,6H,4-5,7-8H2,(H,15,17)(H,16,18)(H,19,20). The van der Waals surface area contributed by atoms with Crippen molar-refractivity contribution in [1.82, 2.24) is 10.6 Å². The number of hydrogen-bond acceptors (Lipinski definition) is 4. The van der Waals surface area contributed by atoms with E-state index in [-0.39, 0.29) is 25.5 Å². The lowest BCUT2D eigenvalue weighted by molar-refractivity contribution is -0.137. The molecule has 1 rings (SSSR count). The number of rotatable bonds is 8. The number of hydrogen-bond donors (Lipinski definition) is 3. The maximum absolute atomic E-state index is 11.4. The van der Waals surface area contributed by atoms with Crippen LogP contribution in [-0.4, -0.2) is 42.6 Å². The molecule has 114 valence electrons. The summed E-state index contributed by atoms with van der Waals surface area (Å²) < 4.78 is 5.32. The molecule has 0 spiro atoms. The molecule has 0 saturated carbocycles. The zero-order chi connectivity index (χ0) is 15.7. The lowest BCUT2D eigenvalue weighted by Gasteiger charge is -2.07. The van der Waals surface area contributed by atoms with Crippen LogP contribution in [0.2, 0.25) is 5.02 Å². The van der Waals surface area contributed by atoms with Gasteiger partial charge in [0.2, 0.25) is 11.8 Å². The quantitative estimate of drug-likeness (QED) is 0.645. The van der Waals surface area contributed by atoms with Crippen LogP contribution in [0.4, 0.5) is 0 Å². The summed E-state index contributed by atoms with van der Waals surface area (Å²) in [6.07, 6.45) is 0.0682. The van der Waals surface area contributed by atoms with Gasteiger partial charge < -0.3 is 20.5 Å². The Balaban J connectivity index is 2.16. The summed E-state index contributed by atoms with van der Waals surface area (Å²) >= 11 is 5.78. The van der Waals surface area contributed by atoms with Gasteiger partial charge >= 0.3 is 5.97 Å². The zero-order valence-electron chi connectivity index (χ0n) is 11.1. The minimum Gasteiger partial charge on any atom is -0.493 e. The average Bonchev–Trinajstić information content (AvgIpc) is 2.43. The molecule has 21 heavy (non-hydrogen) atoms. The summed E-state index contributed by atoms with van der Waals surface area (Å²) in [6, 6.07) is 6.77. The van der Waals surface area contributed by atoms with Crippen LogP contribution < -0.4 is 15.4 Å². The molecule has 0 aliphatic rings. The number of carbonyl (C=O) groups excluding carboxylic acids is 2. The van der Waals surface area contributed by atoms with Gasteiger partial charge in [0.05, 0.1) is 19.6 Å². The van der Waals surface area contributed by atoms with Crippen LogP contribution in [0, 0.1) is 0 Å². The summed E-state index contributed by atoms with van der Waals surface area (Å²) in [5.41, 5.74) is 0. The fraction of sp³-hybridized carbons (Fsp3) is 0.308. The van der Waals surface area contributed by atoms with E-state index in [0.29, 0.717) is 10.8 Å². The van der Waals surface area contributed by atoms with E-state index >= 15 is 0 Å². The summed E-state index contributed by atoms with van der Waals surface area (Å²) in [5.74, 6) is -1.54. The third kappa shape index (κ3) is 7.78. The third-order valence-electron chi connectivity index (χ3n) is 2.28. The molecule has 0 heterocycles. The van der Waals surface area contributed by atoms with E-state index in [0.717, 1.165) is 0 Å². The van der Waals surface area contributed by atoms with Crippen LogP contribution in [-0.2, 0) is 14.4 Å². The minimum absolute atomic E-state index is 0.0682. The number of halogens is 1. The molecule has 0 aliphatic carbocycles. The zero-order valence-corrected chi connectivity index (χ0v) is 11.9. The monoisotopic (exact) mass is 314 g/mol. The SMILES string of the molecule is O=C(O)CNC(=O)CNC(=O)CCOc1cccc(Cl)c1. The summed E-state index contributed by atoms with van der Waals surface area (Å²) in [7, 11) is 0. The van der Waals surface area contributed by atoms with Gasteiger partial charge in [-0.2, -0.15) is 0 Å².